The first kappa shape index (κ1) is 11.7. The zero-order chi connectivity index (χ0) is 13.2. The minimum Gasteiger partial charge on any atom is -0.474 e. The summed E-state index contributed by atoms with van der Waals surface area (Å²) in [6.45, 7) is 0. The Labute approximate surface area is 110 Å². The van der Waals surface area contributed by atoms with Crippen molar-refractivity contribution in [2.75, 3.05) is 0 Å². The van der Waals surface area contributed by atoms with E-state index in [1.807, 2.05) is 0 Å². The lowest BCUT2D eigenvalue weighted by Gasteiger charge is -2.22. The van der Waals surface area contributed by atoms with Gasteiger partial charge in [-0.2, -0.15) is 0 Å². The second-order valence-electron chi connectivity index (χ2n) is 4.30. The summed E-state index contributed by atoms with van der Waals surface area (Å²) in [4.78, 5) is 12.2. The Bertz CT molecular complexity index is 647. The molecule has 1 heterocycles. The Morgan fingerprint density at radius 1 is 1.00 bits per heavy atom. The van der Waals surface area contributed by atoms with Crippen LogP contribution in [0.25, 0.3) is 6.08 Å². The van der Waals surface area contributed by atoms with Crippen molar-refractivity contribution in [3.05, 3.63) is 71.6 Å². The van der Waals surface area contributed by atoms with Gasteiger partial charge in [-0.1, -0.05) is 48.5 Å². The molecule has 3 rings (SSSR count). The number of carbonyl (C=O) groups excluding carboxylic acids is 1. The summed E-state index contributed by atoms with van der Waals surface area (Å²) in [5.74, 6) is -0.408. The average Bonchev–Trinajstić information content (AvgIpc) is 2.47. The van der Waals surface area contributed by atoms with E-state index in [1.54, 1.807) is 54.6 Å². The molecule has 0 aromatic heterocycles. The highest BCUT2D eigenvalue weighted by atomic mass is 19.1. The zero-order valence-electron chi connectivity index (χ0n) is 10.0. The Hall–Kier alpha value is -2.42. The lowest BCUT2D eigenvalue weighted by molar-refractivity contribution is 0.0808. The van der Waals surface area contributed by atoms with Gasteiger partial charge in [0.25, 0.3) is 0 Å². The molecule has 3 heteroatoms. The highest BCUT2D eigenvalue weighted by molar-refractivity contribution is 6.02. The van der Waals surface area contributed by atoms with Crippen LogP contribution in [0.15, 0.2) is 60.4 Å². The third-order valence-electron chi connectivity index (χ3n) is 3.00. The molecule has 0 spiro atoms. The fourth-order valence-corrected chi connectivity index (χ4v) is 2.05. The minimum absolute atomic E-state index is 0.371. The molecule has 1 atom stereocenters. The van der Waals surface area contributed by atoms with E-state index < -0.39 is 11.9 Å². The van der Waals surface area contributed by atoms with Crippen LogP contribution in [0, 0.1) is 0 Å². The summed E-state index contributed by atoms with van der Waals surface area (Å²) < 4.78 is 19.4. The summed E-state index contributed by atoms with van der Waals surface area (Å²) in [6.07, 6.45) is 0.168. The van der Waals surface area contributed by atoms with Gasteiger partial charge in [0.05, 0.1) is 0 Å². The first-order chi connectivity index (χ1) is 9.25. The molecule has 0 aliphatic carbocycles. The maximum absolute atomic E-state index is 14.0. The number of ether oxygens (including phenoxy) is 1. The smallest absolute Gasteiger partial charge is 0.212 e. The molecule has 19 heavy (non-hydrogen) atoms. The normalized spacial score (nSPS) is 17.1. The second-order valence-corrected chi connectivity index (χ2v) is 4.30. The van der Waals surface area contributed by atoms with Gasteiger partial charge in [-0.3, -0.25) is 4.79 Å². The number of carbonyl (C=O) groups is 1. The predicted molar refractivity (Wildman–Crippen MR) is 70.7 cm³/mol. The quantitative estimate of drug-likeness (QED) is 0.765. The van der Waals surface area contributed by atoms with Crippen molar-refractivity contribution >= 4 is 11.9 Å². The van der Waals surface area contributed by atoms with E-state index >= 15 is 0 Å². The third kappa shape index (κ3) is 2.15. The molecule has 1 aliphatic heterocycles. The molecule has 0 saturated carbocycles. The van der Waals surface area contributed by atoms with Crippen molar-refractivity contribution in [2.45, 2.75) is 6.10 Å². The standard InChI is InChI=1S/C16H11FO2/c17-13-10-12-8-4-5-9-14(12)19-16(13)15(18)11-6-2-1-3-7-11/h1-10,16H. The van der Waals surface area contributed by atoms with Crippen molar-refractivity contribution in [3.63, 3.8) is 0 Å². The average molecular weight is 254 g/mol. The molecule has 2 aromatic carbocycles. The van der Waals surface area contributed by atoms with E-state index in [0.717, 1.165) is 0 Å². The third-order valence-corrected chi connectivity index (χ3v) is 3.00. The fourth-order valence-electron chi connectivity index (χ4n) is 2.05. The van der Waals surface area contributed by atoms with E-state index in [9.17, 15) is 9.18 Å². The Morgan fingerprint density at radius 3 is 2.47 bits per heavy atom. The molecule has 94 valence electrons. The summed E-state index contributed by atoms with van der Waals surface area (Å²) in [7, 11) is 0. The molecule has 0 fully saturated rings. The summed E-state index contributed by atoms with van der Waals surface area (Å²) in [5.41, 5.74) is 1.09. The Kier molecular flexibility index (Phi) is 2.88. The number of hydrogen-bond donors (Lipinski definition) is 0. The molecule has 0 saturated heterocycles. The van der Waals surface area contributed by atoms with Crippen LogP contribution in [-0.2, 0) is 0 Å². The number of hydrogen-bond acceptors (Lipinski definition) is 2. The summed E-state index contributed by atoms with van der Waals surface area (Å²) in [6, 6.07) is 15.7. The van der Waals surface area contributed by atoms with Crippen molar-refractivity contribution in [1.82, 2.24) is 0 Å². The Morgan fingerprint density at radius 2 is 1.68 bits per heavy atom. The van der Waals surface area contributed by atoms with Crippen LogP contribution in [0.1, 0.15) is 15.9 Å². The van der Waals surface area contributed by atoms with Gasteiger partial charge >= 0.3 is 0 Å². The maximum atomic E-state index is 14.0. The van der Waals surface area contributed by atoms with Crippen molar-refractivity contribution < 1.29 is 13.9 Å². The number of benzene rings is 2. The van der Waals surface area contributed by atoms with Gasteiger partial charge in [-0.15, -0.1) is 0 Å². The molecule has 1 unspecified atom stereocenters. The van der Waals surface area contributed by atoms with E-state index in [4.69, 9.17) is 4.74 Å². The number of fused-ring (bicyclic) bond motifs is 1. The molecule has 0 bridgehead atoms. The summed E-state index contributed by atoms with van der Waals surface area (Å²) >= 11 is 0. The van der Waals surface area contributed by atoms with E-state index in [2.05, 4.69) is 0 Å². The van der Waals surface area contributed by atoms with Gasteiger partial charge in [0.1, 0.15) is 11.6 Å². The predicted octanol–water partition coefficient (Wildman–Crippen LogP) is 3.64. The Balaban J connectivity index is 1.95. The van der Waals surface area contributed by atoms with Gasteiger partial charge in [0.15, 0.2) is 0 Å². The van der Waals surface area contributed by atoms with Gasteiger partial charge in [0.2, 0.25) is 11.9 Å². The van der Waals surface area contributed by atoms with Crippen LogP contribution in [0.5, 0.6) is 5.75 Å². The molecule has 1 aliphatic rings. The number of ketones is 1. The molecule has 0 radical (unpaired) electrons. The highest BCUT2D eigenvalue weighted by Gasteiger charge is 2.30. The van der Waals surface area contributed by atoms with E-state index in [1.165, 1.54) is 6.08 Å². The lowest BCUT2D eigenvalue weighted by atomic mass is 10.0. The van der Waals surface area contributed by atoms with Gasteiger partial charge in [-0.25, -0.2) is 4.39 Å². The first-order valence-electron chi connectivity index (χ1n) is 5.98. The topological polar surface area (TPSA) is 26.3 Å². The van der Waals surface area contributed by atoms with E-state index in [0.29, 0.717) is 16.9 Å². The van der Waals surface area contributed by atoms with Gasteiger partial charge in [0, 0.05) is 11.1 Å². The highest BCUT2D eigenvalue weighted by Crippen LogP contribution is 2.31. The first-order valence-corrected chi connectivity index (χ1v) is 5.98. The van der Waals surface area contributed by atoms with Crippen LogP contribution in [0.4, 0.5) is 4.39 Å². The monoisotopic (exact) mass is 254 g/mol. The number of para-hydroxylation sites is 1. The van der Waals surface area contributed by atoms with E-state index in [-0.39, 0.29) is 5.78 Å². The van der Waals surface area contributed by atoms with Crippen LogP contribution in [-0.4, -0.2) is 11.9 Å². The molecular weight excluding hydrogens is 243 g/mol. The molecular formula is C16H11FO2. The van der Waals surface area contributed by atoms with Crippen molar-refractivity contribution in [2.24, 2.45) is 0 Å². The number of rotatable bonds is 2. The van der Waals surface area contributed by atoms with Crippen LogP contribution in [0.2, 0.25) is 0 Å². The largest absolute Gasteiger partial charge is 0.474 e. The SMILES string of the molecule is O=C(c1ccccc1)C1Oc2ccccc2C=C1F. The zero-order valence-corrected chi connectivity index (χ0v) is 10.0. The molecule has 2 nitrogen and oxygen atoms in total. The summed E-state index contributed by atoms with van der Waals surface area (Å²) in [5, 5.41) is 0. The maximum Gasteiger partial charge on any atom is 0.212 e. The van der Waals surface area contributed by atoms with Crippen LogP contribution >= 0.6 is 0 Å². The van der Waals surface area contributed by atoms with Crippen molar-refractivity contribution in [1.29, 1.82) is 0 Å². The minimum atomic E-state index is -1.18. The second kappa shape index (κ2) is 4.69. The van der Waals surface area contributed by atoms with Crippen LogP contribution in [0.3, 0.4) is 0 Å². The van der Waals surface area contributed by atoms with Gasteiger partial charge in [-0.05, 0) is 12.1 Å². The number of halogens is 1. The van der Waals surface area contributed by atoms with Crippen LogP contribution < -0.4 is 4.74 Å². The van der Waals surface area contributed by atoms with Gasteiger partial charge < -0.3 is 4.74 Å². The molecule has 0 N–H and O–H groups in total. The fraction of sp³-hybridized carbons (Fsp3) is 0.0625. The molecule has 0 amide bonds. The van der Waals surface area contributed by atoms with Crippen molar-refractivity contribution in [3.8, 4) is 5.75 Å². The number of Topliss-reactive ketones (excluding diaryl/α,β-unsaturated/α-hetero) is 1. The molecule has 2 aromatic rings. The lowest BCUT2D eigenvalue weighted by Crippen LogP contribution is -2.30.